The van der Waals surface area contributed by atoms with Crippen LogP contribution in [0.1, 0.15) is 52.3 Å². The van der Waals surface area contributed by atoms with E-state index in [9.17, 15) is 18.0 Å². The van der Waals surface area contributed by atoms with Gasteiger partial charge in [-0.25, -0.2) is 4.98 Å². The number of nitrogens with zero attached hydrogens (tertiary/aromatic N) is 4. The van der Waals surface area contributed by atoms with Crippen molar-refractivity contribution in [2.45, 2.75) is 47.0 Å². The molecule has 11 heteroatoms. The number of nitrogen functional groups attached to an aromatic ring is 1. The molecule has 0 bridgehead atoms. The molecule has 0 saturated heterocycles. The average Bonchev–Trinajstić information content (AvgIpc) is 3.24. The van der Waals surface area contributed by atoms with E-state index < -0.39 is 23.3 Å². The second-order valence-corrected chi connectivity index (χ2v) is 8.31. The maximum absolute atomic E-state index is 13.7. The third-order valence-electron chi connectivity index (χ3n) is 5.34. The summed E-state index contributed by atoms with van der Waals surface area (Å²) < 4.78 is 42.1. The predicted octanol–water partition coefficient (Wildman–Crippen LogP) is 5.70. The van der Waals surface area contributed by atoms with Gasteiger partial charge in [0.05, 0.1) is 17.1 Å². The Morgan fingerprint density at radius 1 is 1.17 bits per heavy atom. The quantitative estimate of drug-likeness (QED) is 0.353. The van der Waals surface area contributed by atoms with Gasteiger partial charge in [0.15, 0.2) is 5.69 Å². The first-order chi connectivity index (χ1) is 17.0. The minimum Gasteiger partial charge on any atom is -0.384 e. The fraction of sp³-hybridized carbons (Fsp3) is 0.280. The van der Waals surface area contributed by atoms with Crippen LogP contribution in [0.5, 0.6) is 0 Å². The van der Waals surface area contributed by atoms with E-state index in [0.29, 0.717) is 33.2 Å². The predicted molar refractivity (Wildman–Crippen MR) is 134 cm³/mol. The molecule has 0 radical (unpaired) electrons. The summed E-state index contributed by atoms with van der Waals surface area (Å²) >= 11 is 5.98. The third kappa shape index (κ3) is 6.12. The van der Waals surface area contributed by atoms with Gasteiger partial charge in [0.2, 0.25) is 0 Å². The van der Waals surface area contributed by atoms with E-state index in [4.69, 9.17) is 17.3 Å². The van der Waals surface area contributed by atoms with Crippen molar-refractivity contribution in [1.82, 2.24) is 25.1 Å². The van der Waals surface area contributed by atoms with Crippen LogP contribution in [0.2, 0.25) is 5.02 Å². The molecule has 4 aromatic rings. The fourth-order valence-corrected chi connectivity index (χ4v) is 3.89. The number of anilines is 1. The highest BCUT2D eigenvalue weighted by molar-refractivity contribution is 6.31. The molecule has 0 spiro atoms. The number of alkyl halides is 3. The van der Waals surface area contributed by atoms with Gasteiger partial charge in [-0.2, -0.15) is 18.3 Å². The summed E-state index contributed by atoms with van der Waals surface area (Å²) in [5.74, 6) is -0.605. The van der Waals surface area contributed by atoms with E-state index in [-0.39, 0.29) is 13.1 Å². The van der Waals surface area contributed by atoms with Crippen LogP contribution in [-0.2, 0) is 19.3 Å². The van der Waals surface area contributed by atoms with Gasteiger partial charge in [0.25, 0.3) is 5.91 Å². The van der Waals surface area contributed by atoms with Crippen molar-refractivity contribution >= 4 is 34.2 Å². The lowest BCUT2D eigenvalue weighted by Crippen LogP contribution is -2.27. The van der Waals surface area contributed by atoms with Crippen molar-refractivity contribution in [2.75, 3.05) is 5.73 Å². The molecule has 3 N–H and O–H groups in total. The molecule has 0 fully saturated rings. The van der Waals surface area contributed by atoms with Gasteiger partial charge >= 0.3 is 6.18 Å². The van der Waals surface area contributed by atoms with Crippen molar-refractivity contribution in [1.29, 1.82) is 0 Å². The molecule has 0 aliphatic heterocycles. The van der Waals surface area contributed by atoms with Crippen LogP contribution in [0, 0.1) is 13.8 Å². The molecular weight excluding hydrogens is 493 g/mol. The molecule has 190 valence electrons. The largest absolute Gasteiger partial charge is 0.420 e. The standard InChI is InChI=1S/C23H20ClF3N6O.C2H6/c1-12-5-20(28)31-13(2)17(12)9-30-22(34)21-18(23(25,26)27)11-33(32-21)10-14-3-4-19-15(6-14)7-16(24)8-29-19;1-2/h3-8,11H,9-10H2,1-2H3,(H2,28,31)(H,30,34);1-2H3. The average molecular weight is 519 g/mol. The van der Waals surface area contributed by atoms with Crippen molar-refractivity contribution in [3.8, 4) is 0 Å². The molecule has 3 aromatic heterocycles. The smallest absolute Gasteiger partial charge is 0.384 e. The number of aryl methyl sites for hydroxylation is 2. The van der Waals surface area contributed by atoms with Gasteiger partial charge in [0, 0.05) is 30.0 Å². The second-order valence-electron chi connectivity index (χ2n) is 7.88. The van der Waals surface area contributed by atoms with E-state index in [0.717, 1.165) is 21.8 Å². The van der Waals surface area contributed by atoms with Crippen molar-refractivity contribution in [3.05, 3.63) is 81.4 Å². The van der Waals surface area contributed by atoms with Gasteiger partial charge in [-0.15, -0.1) is 0 Å². The second kappa shape index (κ2) is 10.9. The zero-order chi connectivity index (χ0) is 26.6. The van der Waals surface area contributed by atoms with Crippen LogP contribution < -0.4 is 11.1 Å². The highest BCUT2D eigenvalue weighted by Gasteiger charge is 2.38. The lowest BCUT2D eigenvalue weighted by molar-refractivity contribution is -0.138. The first-order valence-electron chi connectivity index (χ1n) is 11.2. The first-order valence-corrected chi connectivity index (χ1v) is 11.6. The van der Waals surface area contributed by atoms with Crippen molar-refractivity contribution < 1.29 is 18.0 Å². The molecule has 0 unspecified atom stereocenters. The molecule has 0 atom stereocenters. The Morgan fingerprint density at radius 3 is 2.56 bits per heavy atom. The SMILES string of the molecule is CC.Cc1cc(N)nc(C)c1CNC(=O)c1nn(Cc2ccc3ncc(Cl)cc3c2)cc1C(F)(F)F. The summed E-state index contributed by atoms with van der Waals surface area (Å²) in [4.78, 5) is 21.0. The van der Waals surface area contributed by atoms with Crippen molar-refractivity contribution in [3.63, 3.8) is 0 Å². The van der Waals surface area contributed by atoms with Crippen molar-refractivity contribution in [2.24, 2.45) is 0 Å². The number of carbonyl (C=O) groups is 1. The number of pyridine rings is 2. The molecule has 7 nitrogen and oxygen atoms in total. The molecular formula is C25H26ClF3N6O. The molecule has 3 heterocycles. The maximum atomic E-state index is 13.7. The number of rotatable bonds is 5. The van der Waals surface area contributed by atoms with Crippen LogP contribution >= 0.6 is 11.6 Å². The monoisotopic (exact) mass is 518 g/mol. The number of benzene rings is 1. The van der Waals surface area contributed by atoms with Crippen LogP contribution in [0.3, 0.4) is 0 Å². The number of halogens is 4. The van der Waals surface area contributed by atoms with Gasteiger partial charge < -0.3 is 11.1 Å². The van der Waals surface area contributed by atoms with Crippen LogP contribution in [0.15, 0.2) is 42.7 Å². The van der Waals surface area contributed by atoms with Gasteiger partial charge in [-0.3, -0.25) is 14.5 Å². The number of fused-ring (bicyclic) bond motifs is 1. The van der Waals surface area contributed by atoms with Crippen LogP contribution in [-0.4, -0.2) is 25.7 Å². The lowest BCUT2D eigenvalue weighted by Gasteiger charge is -2.11. The Morgan fingerprint density at radius 2 is 1.89 bits per heavy atom. The molecule has 4 rings (SSSR count). The number of nitrogens with two attached hydrogens (primary N) is 1. The Labute approximate surface area is 211 Å². The highest BCUT2D eigenvalue weighted by Crippen LogP contribution is 2.32. The summed E-state index contributed by atoms with van der Waals surface area (Å²) in [6, 6.07) is 8.59. The lowest BCUT2D eigenvalue weighted by atomic mass is 10.1. The summed E-state index contributed by atoms with van der Waals surface area (Å²) in [7, 11) is 0. The van der Waals surface area contributed by atoms with Gasteiger partial charge in [-0.05, 0) is 54.8 Å². The Balaban J connectivity index is 0.00000176. The molecule has 0 saturated carbocycles. The number of hydrogen-bond donors (Lipinski definition) is 2. The number of carbonyl (C=O) groups excluding carboxylic acids is 1. The van der Waals surface area contributed by atoms with Gasteiger partial charge in [-0.1, -0.05) is 31.5 Å². The van der Waals surface area contributed by atoms with E-state index in [1.165, 1.54) is 6.20 Å². The highest BCUT2D eigenvalue weighted by atomic mass is 35.5. The minimum absolute atomic E-state index is 0.00757. The number of amides is 1. The van der Waals surface area contributed by atoms with E-state index in [1.807, 2.05) is 13.8 Å². The zero-order valence-electron chi connectivity index (χ0n) is 20.2. The molecule has 36 heavy (non-hydrogen) atoms. The topological polar surface area (TPSA) is 98.7 Å². The number of nitrogens with one attached hydrogen (secondary N) is 1. The minimum atomic E-state index is -4.75. The molecule has 1 aromatic carbocycles. The van der Waals surface area contributed by atoms with Crippen LogP contribution in [0.4, 0.5) is 19.0 Å². The normalized spacial score (nSPS) is 11.2. The summed E-state index contributed by atoms with van der Waals surface area (Å²) in [5.41, 5.74) is 7.32. The molecule has 0 aliphatic carbocycles. The Kier molecular flexibility index (Phi) is 8.19. The summed E-state index contributed by atoms with van der Waals surface area (Å²) in [6.45, 7) is 7.52. The molecule has 0 aliphatic rings. The van der Waals surface area contributed by atoms with E-state index in [2.05, 4.69) is 20.4 Å². The zero-order valence-corrected chi connectivity index (χ0v) is 21.0. The van der Waals surface area contributed by atoms with E-state index in [1.54, 1.807) is 44.2 Å². The number of hydrogen-bond acceptors (Lipinski definition) is 5. The molecule has 1 amide bonds. The summed E-state index contributed by atoms with van der Waals surface area (Å²) in [5, 5.41) is 7.66. The van der Waals surface area contributed by atoms with Gasteiger partial charge in [0.1, 0.15) is 11.4 Å². The van der Waals surface area contributed by atoms with E-state index >= 15 is 0 Å². The Bertz CT molecular complexity index is 1380. The number of aromatic nitrogens is 4. The summed E-state index contributed by atoms with van der Waals surface area (Å²) in [6.07, 6.45) is -2.40. The first kappa shape index (κ1) is 26.9. The maximum Gasteiger partial charge on any atom is 0.420 e. The fourth-order valence-electron chi connectivity index (χ4n) is 3.72. The Hall–Kier alpha value is -3.66. The third-order valence-corrected chi connectivity index (χ3v) is 5.55. The van der Waals surface area contributed by atoms with Crippen LogP contribution in [0.25, 0.3) is 10.9 Å².